The fourth-order valence-electron chi connectivity index (χ4n) is 4.75. The number of likely N-dealkylation sites (tertiary alicyclic amines) is 1. The molecule has 0 aliphatic carbocycles. The Balaban J connectivity index is 1.35. The Hall–Kier alpha value is -3.59. The maximum Gasteiger partial charge on any atom is 0.241 e. The smallest absolute Gasteiger partial charge is 0.241 e. The number of benzene rings is 1. The molecule has 9 heteroatoms. The zero-order valence-corrected chi connectivity index (χ0v) is 19.5. The van der Waals surface area contributed by atoms with Crippen molar-refractivity contribution in [1.29, 1.82) is 0 Å². The number of carbonyl (C=O) groups excluding carboxylic acids is 3. The van der Waals surface area contributed by atoms with Gasteiger partial charge in [0.25, 0.3) is 0 Å². The van der Waals surface area contributed by atoms with Gasteiger partial charge in [-0.2, -0.15) is 0 Å². The van der Waals surface area contributed by atoms with E-state index in [4.69, 9.17) is 0 Å². The third kappa shape index (κ3) is 4.19. The number of thiophene rings is 1. The van der Waals surface area contributed by atoms with Crippen molar-refractivity contribution < 1.29 is 14.4 Å². The van der Waals surface area contributed by atoms with Crippen LogP contribution in [0.1, 0.15) is 23.3 Å². The number of carbonyl (C=O) groups is 3. The minimum atomic E-state index is -1.17. The van der Waals surface area contributed by atoms with Crippen molar-refractivity contribution in [3.8, 4) is 0 Å². The maximum atomic E-state index is 13.7. The maximum absolute atomic E-state index is 13.7. The van der Waals surface area contributed by atoms with Gasteiger partial charge in [0.1, 0.15) is 5.82 Å². The molecule has 2 aliphatic rings. The van der Waals surface area contributed by atoms with E-state index in [9.17, 15) is 14.4 Å². The fourth-order valence-corrected chi connectivity index (χ4v) is 5.44. The summed E-state index contributed by atoms with van der Waals surface area (Å²) in [6, 6.07) is 13.1. The first-order valence-electron chi connectivity index (χ1n) is 11.3. The number of imide groups is 1. The van der Waals surface area contributed by atoms with Crippen LogP contribution in [-0.2, 0) is 26.3 Å². The SMILES string of the molecule is O=C(C[C@@]1(c2ccccc2)CC(=O)N(Cc2cccs2)C1=O)N1CCN(c2cnccn2)CC1. The van der Waals surface area contributed by atoms with Crippen LogP contribution in [-0.4, -0.2) is 63.7 Å². The summed E-state index contributed by atoms with van der Waals surface area (Å²) in [6.45, 7) is 2.58. The van der Waals surface area contributed by atoms with Crippen LogP contribution in [0.4, 0.5) is 5.82 Å². The lowest BCUT2D eigenvalue weighted by Crippen LogP contribution is -2.51. The first kappa shape index (κ1) is 22.2. The summed E-state index contributed by atoms with van der Waals surface area (Å²) in [5.41, 5.74) is -0.456. The molecule has 0 spiro atoms. The number of anilines is 1. The highest BCUT2D eigenvalue weighted by Gasteiger charge is 2.54. The molecule has 1 aromatic carbocycles. The van der Waals surface area contributed by atoms with E-state index in [1.807, 2.05) is 47.8 Å². The van der Waals surface area contributed by atoms with E-state index in [0.29, 0.717) is 31.7 Å². The summed E-state index contributed by atoms with van der Waals surface area (Å²) < 4.78 is 0. The van der Waals surface area contributed by atoms with Gasteiger partial charge in [0.05, 0.1) is 18.2 Å². The first-order valence-corrected chi connectivity index (χ1v) is 12.2. The van der Waals surface area contributed by atoms with Gasteiger partial charge in [-0.3, -0.25) is 24.3 Å². The Morgan fingerprint density at radius 3 is 2.47 bits per heavy atom. The van der Waals surface area contributed by atoms with E-state index in [2.05, 4.69) is 14.9 Å². The van der Waals surface area contributed by atoms with Crippen molar-refractivity contribution in [3.63, 3.8) is 0 Å². The quantitative estimate of drug-likeness (QED) is 0.509. The number of hydrogen-bond donors (Lipinski definition) is 0. The second-order valence-electron chi connectivity index (χ2n) is 8.60. The summed E-state index contributed by atoms with van der Waals surface area (Å²) in [7, 11) is 0. The van der Waals surface area contributed by atoms with Gasteiger partial charge in [0, 0.05) is 56.3 Å². The van der Waals surface area contributed by atoms with Crippen LogP contribution >= 0.6 is 11.3 Å². The predicted molar refractivity (Wildman–Crippen MR) is 128 cm³/mol. The molecule has 4 heterocycles. The van der Waals surface area contributed by atoms with E-state index >= 15 is 0 Å². The molecule has 0 saturated carbocycles. The van der Waals surface area contributed by atoms with Crippen molar-refractivity contribution in [2.45, 2.75) is 24.8 Å². The summed E-state index contributed by atoms with van der Waals surface area (Å²) in [6.07, 6.45) is 4.99. The molecule has 5 rings (SSSR count). The van der Waals surface area contributed by atoms with Gasteiger partial charge in [-0.25, -0.2) is 4.98 Å². The van der Waals surface area contributed by atoms with Crippen LogP contribution in [0.2, 0.25) is 0 Å². The number of nitrogens with zero attached hydrogens (tertiary/aromatic N) is 5. The average molecular weight is 476 g/mol. The van der Waals surface area contributed by atoms with Crippen LogP contribution in [0, 0.1) is 0 Å². The molecule has 8 nitrogen and oxygen atoms in total. The normalized spacial score (nSPS) is 20.8. The summed E-state index contributed by atoms with van der Waals surface area (Å²) >= 11 is 1.51. The number of hydrogen-bond acceptors (Lipinski definition) is 7. The minimum absolute atomic E-state index is 0.00648. The number of amides is 3. The predicted octanol–water partition coefficient (Wildman–Crippen LogP) is 2.47. The van der Waals surface area contributed by atoms with Crippen LogP contribution in [0.3, 0.4) is 0 Å². The largest absolute Gasteiger partial charge is 0.352 e. The Bertz CT molecular complexity index is 1160. The van der Waals surface area contributed by atoms with Gasteiger partial charge >= 0.3 is 0 Å². The molecule has 0 N–H and O–H groups in total. The summed E-state index contributed by atoms with van der Waals surface area (Å²) in [5.74, 6) is 0.157. The zero-order valence-electron chi connectivity index (χ0n) is 18.7. The van der Waals surface area contributed by atoms with E-state index in [0.717, 1.165) is 10.7 Å². The van der Waals surface area contributed by atoms with E-state index in [1.165, 1.54) is 16.2 Å². The van der Waals surface area contributed by atoms with E-state index in [-0.39, 0.29) is 37.1 Å². The van der Waals surface area contributed by atoms with Crippen LogP contribution in [0.15, 0.2) is 66.4 Å². The number of piperazine rings is 1. The highest BCUT2D eigenvalue weighted by atomic mass is 32.1. The molecule has 0 unspecified atom stereocenters. The Morgan fingerprint density at radius 1 is 1.00 bits per heavy atom. The molecule has 1 atom stereocenters. The molecule has 2 aromatic heterocycles. The lowest BCUT2D eigenvalue weighted by molar-refractivity contribution is -0.143. The van der Waals surface area contributed by atoms with Gasteiger partial charge in [-0.15, -0.1) is 11.3 Å². The molecule has 2 aliphatic heterocycles. The van der Waals surface area contributed by atoms with Gasteiger partial charge in [-0.1, -0.05) is 36.4 Å². The van der Waals surface area contributed by atoms with Gasteiger partial charge < -0.3 is 9.80 Å². The van der Waals surface area contributed by atoms with Crippen molar-refractivity contribution in [2.75, 3.05) is 31.1 Å². The molecule has 34 heavy (non-hydrogen) atoms. The molecule has 2 fully saturated rings. The average Bonchev–Trinajstić information content (AvgIpc) is 3.48. The molecule has 3 amide bonds. The molecule has 2 saturated heterocycles. The first-order chi connectivity index (χ1) is 16.6. The van der Waals surface area contributed by atoms with Crippen LogP contribution in [0.25, 0.3) is 0 Å². The Labute approximate surface area is 201 Å². The van der Waals surface area contributed by atoms with Gasteiger partial charge in [0.2, 0.25) is 17.7 Å². The second kappa shape index (κ2) is 9.34. The summed E-state index contributed by atoms with van der Waals surface area (Å²) in [4.78, 5) is 54.8. The van der Waals surface area contributed by atoms with Crippen LogP contribution < -0.4 is 4.90 Å². The summed E-state index contributed by atoms with van der Waals surface area (Å²) in [5, 5.41) is 1.93. The van der Waals surface area contributed by atoms with E-state index < -0.39 is 5.41 Å². The van der Waals surface area contributed by atoms with Crippen LogP contribution in [0.5, 0.6) is 0 Å². The molecular formula is C25H25N5O3S. The molecule has 0 bridgehead atoms. The lowest BCUT2D eigenvalue weighted by Gasteiger charge is -2.37. The van der Waals surface area contributed by atoms with E-state index in [1.54, 1.807) is 23.5 Å². The lowest BCUT2D eigenvalue weighted by atomic mass is 9.75. The Morgan fingerprint density at radius 2 is 1.79 bits per heavy atom. The monoisotopic (exact) mass is 475 g/mol. The highest BCUT2D eigenvalue weighted by molar-refractivity contribution is 7.09. The highest BCUT2D eigenvalue weighted by Crippen LogP contribution is 2.41. The second-order valence-corrected chi connectivity index (χ2v) is 9.63. The Kier molecular flexibility index (Phi) is 6.10. The molecular weight excluding hydrogens is 450 g/mol. The standard InChI is InChI=1S/C25H25N5O3S/c31-22(29-12-10-28(11-13-29)21-17-26-8-9-27-21)15-25(19-5-2-1-3-6-19)16-23(32)30(24(25)33)18-20-7-4-14-34-20/h1-9,14,17H,10-13,15-16,18H2/t25-/m0/s1. The fraction of sp³-hybridized carbons (Fsp3) is 0.320. The molecule has 3 aromatic rings. The van der Waals surface area contributed by atoms with Crippen molar-refractivity contribution in [1.82, 2.24) is 19.8 Å². The third-order valence-corrected chi connectivity index (χ3v) is 7.45. The van der Waals surface area contributed by atoms with Crippen molar-refractivity contribution in [3.05, 3.63) is 76.9 Å². The number of aromatic nitrogens is 2. The van der Waals surface area contributed by atoms with Gasteiger partial charge in [-0.05, 0) is 17.0 Å². The minimum Gasteiger partial charge on any atom is -0.352 e. The zero-order chi connectivity index (χ0) is 23.5. The van der Waals surface area contributed by atoms with Crippen molar-refractivity contribution >= 4 is 34.9 Å². The van der Waals surface area contributed by atoms with Gasteiger partial charge in [0.15, 0.2) is 0 Å². The number of rotatable bonds is 6. The molecule has 174 valence electrons. The van der Waals surface area contributed by atoms with Crippen molar-refractivity contribution in [2.24, 2.45) is 0 Å². The topological polar surface area (TPSA) is 86.7 Å². The molecule has 0 radical (unpaired) electrons. The third-order valence-electron chi connectivity index (χ3n) is 6.59.